The Bertz CT molecular complexity index is 486. The monoisotopic (exact) mass is 291 g/mol. The molecule has 0 amide bonds. The molecule has 1 aliphatic rings. The van der Waals surface area contributed by atoms with Crippen LogP contribution in [0.15, 0.2) is 12.1 Å². The summed E-state index contributed by atoms with van der Waals surface area (Å²) in [5, 5.41) is 12.7. The van der Waals surface area contributed by atoms with Gasteiger partial charge in [0, 0.05) is 12.6 Å². The van der Waals surface area contributed by atoms with Gasteiger partial charge < -0.3 is 15.2 Å². The first-order valence-electron chi connectivity index (χ1n) is 7.74. The van der Waals surface area contributed by atoms with E-state index in [0.29, 0.717) is 18.2 Å². The highest BCUT2D eigenvalue weighted by Gasteiger charge is 2.22. The van der Waals surface area contributed by atoms with Crippen molar-refractivity contribution in [2.24, 2.45) is 0 Å². The van der Waals surface area contributed by atoms with Crippen LogP contribution in [0.5, 0.6) is 5.75 Å². The third-order valence-corrected chi connectivity index (χ3v) is 3.78. The Kier molecular flexibility index (Phi) is 5.23. The van der Waals surface area contributed by atoms with Crippen LogP contribution in [0.2, 0.25) is 0 Å². The first kappa shape index (κ1) is 15.8. The summed E-state index contributed by atoms with van der Waals surface area (Å²) < 4.78 is 5.75. The maximum atomic E-state index is 11.2. The van der Waals surface area contributed by atoms with Gasteiger partial charge in [0.15, 0.2) is 6.10 Å². The molecule has 4 nitrogen and oxygen atoms in total. The van der Waals surface area contributed by atoms with Crippen LogP contribution < -0.4 is 10.1 Å². The van der Waals surface area contributed by atoms with E-state index in [1.165, 1.54) is 18.4 Å². The van der Waals surface area contributed by atoms with Gasteiger partial charge in [-0.1, -0.05) is 25.5 Å². The molecule has 1 aliphatic carbocycles. The predicted octanol–water partition coefficient (Wildman–Crippen LogP) is 3.19. The number of aryl methyl sites for hydroxylation is 2. The Balaban J connectivity index is 2.09. The number of carbonyl (C=O) groups is 1. The highest BCUT2D eigenvalue weighted by molar-refractivity contribution is 5.72. The van der Waals surface area contributed by atoms with Crippen LogP contribution in [0.1, 0.15) is 49.3 Å². The summed E-state index contributed by atoms with van der Waals surface area (Å²) in [5.41, 5.74) is 3.24. The van der Waals surface area contributed by atoms with E-state index in [9.17, 15) is 9.90 Å². The first-order chi connectivity index (χ1) is 10.0. The SMILES string of the molecule is CCCC(Oc1c(C)cc(CNC2CC2)cc1C)C(=O)O. The molecule has 1 aromatic rings. The van der Waals surface area contributed by atoms with Crippen LogP contribution in [-0.2, 0) is 11.3 Å². The number of ether oxygens (including phenoxy) is 1. The second-order valence-electron chi connectivity index (χ2n) is 5.95. The van der Waals surface area contributed by atoms with Crippen molar-refractivity contribution < 1.29 is 14.6 Å². The quantitative estimate of drug-likeness (QED) is 0.772. The molecule has 2 N–H and O–H groups in total. The van der Waals surface area contributed by atoms with Gasteiger partial charge in [-0.15, -0.1) is 0 Å². The van der Waals surface area contributed by atoms with Gasteiger partial charge in [-0.05, 0) is 49.8 Å². The molecule has 0 heterocycles. The molecular weight excluding hydrogens is 266 g/mol. The standard InChI is InChI=1S/C17H25NO3/c1-4-5-15(17(19)20)21-16-11(2)8-13(9-12(16)3)10-18-14-6-7-14/h8-9,14-15,18H,4-7,10H2,1-3H3,(H,19,20). The topological polar surface area (TPSA) is 58.6 Å². The van der Waals surface area contributed by atoms with Crippen molar-refractivity contribution >= 4 is 5.97 Å². The van der Waals surface area contributed by atoms with Gasteiger partial charge in [-0.2, -0.15) is 0 Å². The molecule has 1 atom stereocenters. The fraction of sp³-hybridized carbons (Fsp3) is 0.588. The molecule has 1 saturated carbocycles. The third-order valence-electron chi connectivity index (χ3n) is 3.78. The summed E-state index contributed by atoms with van der Waals surface area (Å²) in [6, 6.07) is 4.85. The van der Waals surface area contributed by atoms with E-state index in [-0.39, 0.29) is 0 Å². The van der Waals surface area contributed by atoms with E-state index >= 15 is 0 Å². The minimum absolute atomic E-state index is 0.527. The largest absolute Gasteiger partial charge is 0.479 e. The van der Waals surface area contributed by atoms with Crippen molar-refractivity contribution in [2.45, 2.75) is 65.1 Å². The van der Waals surface area contributed by atoms with E-state index in [1.54, 1.807) is 0 Å². The van der Waals surface area contributed by atoms with E-state index in [0.717, 1.165) is 24.1 Å². The van der Waals surface area contributed by atoms with Gasteiger partial charge in [-0.3, -0.25) is 0 Å². The summed E-state index contributed by atoms with van der Waals surface area (Å²) in [5.74, 6) is -0.179. The lowest BCUT2D eigenvalue weighted by Gasteiger charge is -2.19. The molecule has 1 unspecified atom stereocenters. The molecule has 116 valence electrons. The Morgan fingerprint density at radius 2 is 2.00 bits per heavy atom. The molecule has 0 aliphatic heterocycles. The van der Waals surface area contributed by atoms with E-state index < -0.39 is 12.1 Å². The second kappa shape index (κ2) is 6.94. The summed E-state index contributed by atoms with van der Waals surface area (Å²) in [4.78, 5) is 11.2. The van der Waals surface area contributed by atoms with Crippen LogP contribution in [0, 0.1) is 13.8 Å². The predicted molar refractivity (Wildman–Crippen MR) is 82.7 cm³/mol. The molecule has 0 bridgehead atoms. The van der Waals surface area contributed by atoms with Gasteiger partial charge in [0.05, 0.1) is 0 Å². The zero-order chi connectivity index (χ0) is 15.4. The lowest BCUT2D eigenvalue weighted by Crippen LogP contribution is -2.27. The van der Waals surface area contributed by atoms with Crippen molar-refractivity contribution in [3.8, 4) is 5.75 Å². The lowest BCUT2D eigenvalue weighted by atomic mass is 10.1. The fourth-order valence-electron chi connectivity index (χ4n) is 2.51. The molecule has 0 radical (unpaired) electrons. The highest BCUT2D eigenvalue weighted by atomic mass is 16.5. The van der Waals surface area contributed by atoms with Gasteiger partial charge >= 0.3 is 5.97 Å². The van der Waals surface area contributed by atoms with Gasteiger partial charge in [0.25, 0.3) is 0 Å². The minimum atomic E-state index is -0.893. The average molecular weight is 291 g/mol. The Morgan fingerprint density at radius 3 is 2.48 bits per heavy atom. The van der Waals surface area contributed by atoms with Crippen LogP contribution in [0.4, 0.5) is 0 Å². The molecular formula is C17H25NO3. The number of benzene rings is 1. The van der Waals surface area contributed by atoms with Gasteiger partial charge in [0.2, 0.25) is 0 Å². The number of hydrogen-bond acceptors (Lipinski definition) is 3. The maximum Gasteiger partial charge on any atom is 0.344 e. The normalized spacial score (nSPS) is 15.8. The number of aliphatic carboxylic acids is 1. The fourth-order valence-corrected chi connectivity index (χ4v) is 2.51. The number of carboxylic acids is 1. The summed E-state index contributed by atoms with van der Waals surface area (Å²) in [6.07, 6.45) is 3.10. The Hall–Kier alpha value is -1.55. The smallest absolute Gasteiger partial charge is 0.344 e. The van der Waals surface area contributed by atoms with Crippen LogP contribution in [0.25, 0.3) is 0 Å². The van der Waals surface area contributed by atoms with Crippen molar-refractivity contribution in [1.29, 1.82) is 0 Å². The minimum Gasteiger partial charge on any atom is -0.479 e. The molecule has 0 spiro atoms. The lowest BCUT2D eigenvalue weighted by molar-refractivity contribution is -0.145. The molecule has 4 heteroatoms. The summed E-state index contributed by atoms with van der Waals surface area (Å²) in [6.45, 7) is 6.79. The van der Waals surface area contributed by atoms with Crippen LogP contribution in [0.3, 0.4) is 0 Å². The molecule has 0 aromatic heterocycles. The van der Waals surface area contributed by atoms with Gasteiger partial charge in [-0.25, -0.2) is 4.79 Å². The Morgan fingerprint density at radius 1 is 1.38 bits per heavy atom. The molecule has 1 fully saturated rings. The van der Waals surface area contributed by atoms with E-state index in [4.69, 9.17) is 4.74 Å². The zero-order valence-electron chi connectivity index (χ0n) is 13.1. The zero-order valence-corrected chi connectivity index (χ0v) is 13.1. The van der Waals surface area contributed by atoms with Crippen molar-refractivity contribution in [3.05, 3.63) is 28.8 Å². The number of rotatable bonds is 8. The van der Waals surface area contributed by atoms with Crippen LogP contribution in [-0.4, -0.2) is 23.2 Å². The van der Waals surface area contributed by atoms with Crippen molar-refractivity contribution in [1.82, 2.24) is 5.32 Å². The summed E-state index contributed by atoms with van der Waals surface area (Å²) in [7, 11) is 0. The molecule has 1 aromatic carbocycles. The molecule has 2 rings (SSSR count). The number of carboxylic acid groups (broad SMARTS) is 1. The Labute approximate surface area is 126 Å². The third kappa shape index (κ3) is 4.46. The maximum absolute atomic E-state index is 11.2. The van der Waals surface area contributed by atoms with Crippen molar-refractivity contribution in [2.75, 3.05) is 0 Å². The molecule has 21 heavy (non-hydrogen) atoms. The van der Waals surface area contributed by atoms with Crippen LogP contribution >= 0.6 is 0 Å². The summed E-state index contributed by atoms with van der Waals surface area (Å²) >= 11 is 0. The van der Waals surface area contributed by atoms with Gasteiger partial charge in [0.1, 0.15) is 5.75 Å². The van der Waals surface area contributed by atoms with E-state index in [1.807, 2.05) is 20.8 Å². The van der Waals surface area contributed by atoms with Crippen molar-refractivity contribution in [3.63, 3.8) is 0 Å². The van der Waals surface area contributed by atoms with E-state index in [2.05, 4.69) is 17.4 Å². The number of hydrogen-bond donors (Lipinski definition) is 2. The first-order valence-corrected chi connectivity index (χ1v) is 7.74. The average Bonchev–Trinajstić information content (AvgIpc) is 3.23. The number of nitrogens with one attached hydrogen (secondary N) is 1. The second-order valence-corrected chi connectivity index (χ2v) is 5.95. The highest BCUT2D eigenvalue weighted by Crippen LogP contribution is 2.27. The molecule has 0 saturated heterocycles.